The van der Waals surface area contributed by atoms with Crippen molar-refractivity contribution in [2.24, 2.45) is 5.92 Å². The van der Waals surface area contributed by atoms with Crippen LogP contribution in [0.1, 0.15) is 25.8 Å². The molecule has 0 radical (unpaired) electrons. The molecule has 8 heteroatoms. The third-order valence-corrected chi connectivity index (χ3v) is 4.15. The van der Waals surface area contributed by atoms with Crippen LogP contribution in [0.4, 0.5) is 13.2 Å². The number of hydrogen-bond donors (Lipinski definition) is 1. The molecule has 0 fully saturated rings. The van der Waals surface area contributed by atoms with Gasteiger partial charge < -0.3 is 0 Å². The zero-order valence-electron chi connectivity index (χ0n) is 10.9. The van der Waals surface area contributed by atoms with Crippen molar-refractivity contribution in [2.45, 2.75) is 31.3 Å². The van der Waals surface area contributed by atoms with Crippen LogP contribution in [-0.2, 0) is 21.0 Å². The van der Waals surface area contributed by atoms with Crippen LogP contribution in [0, 0.1) is 5.92 Å². The second-order valence-electron chi connectivity index (χ2n) is 4.30. The van der Waals surface area contributed by atoms with Gasteiger partial charge in [0.25, 0.3) is 10.0 Å². The van der Waals surface area contributed by atoms with Crippen LogP contribution in [0.15, 0.2) is 29.2 Å². The predicted molar refractivity (Wildman–Crippen MR) is 66.2 cm³/mol. The average molecular weight is 309 g/mol. The van der Waals surface area contributed by atoms with Gasteiger partial charge >= 0.3 is 6.18 Å². The highest BCUT2D eigenvalue weighted by molar-refractivity contribution is 7.90. The first-order valence-corrected chi connectivity index (χ1v) is 7.30. The summed E-state index contributed by atoms with van der Waals surface area (Å²) in [6, 6.07) is 2.94. The lowest BCUT2D eigenvalue weighted by molar-refractivity contribution is -0.137. The van der Waals surface area contributed by atoms with E-state index in [0.29, 0.717) is 18.6 Å². The smallest absolute Gasteiger partial charge is 0.274 e. The third kappa shape index (κ3) is 3.96. The maximum absolute atomic E-state index is 12.4. The molecule has 0 bridgehead atoms. The Morgan fingerprint density at radius 3 is 2.15 bits per heavy atom. The van der Waals surface area contributed by atoms with Gasteiger partial charge in [0, 0.05) is 5.92 Å². The van der Waals surface area contributed by atoms with Gasteiger partial charge in [0.2, 0.25) is 5.91 Å². The molecule has 0 heterocycles. The summed E-state index contributed by atoms with van der Waals surface area (Å²) in [7, 11) is -4.14. The van der Waals surface area contributed by atoms with E-state index in [1.807, 2.05) is 4.72 Å². The Kier molecular flexibility index (Phi) is 4.80. The van der Waals surface area contributed by atoms with Gasteiger partial charge in [0.15, 0.2) is 0 Å². The van der Waals surface area contributed by atoms with E-state index >= 15 is 0 Å². The topological polar surface area (TPSA) is 63.2 Å². The SMILES string of the molecule is CCC(C)C(=O)NS(=O)(=O)c1ccc(C(F)(F)F)cc1. The van der Waals surface area contributed by atoms with Crippen molar-refractivity contribution in [3.8, 4) is 0 Å². The number of alkyl halides is 3. The lowest BCUT2D eigenvalue weighted by Crippen LogP contribution is -2.34. The summed E-state index contributed by atoms with van der Waals surface area (Å²) >= 11 is 0. The molecule has 0 aliphatic rings. The van der Waals surface area contributed by atoms with Crippen LogP contribution in [0.3, 0.4) is 0 Å². The van der Waals surface area contributed by atoms with Gasteiger partial charge in [0.05, 0.1) is 10.5 Å². The van der Waals surface area contributed by atoms with Gasteiger partial charge in [-0.25, -0.2) is 13.1 Å². The molecule has 0 aliphatic carbocycles. The maximum atomic E-state index is 12.4. The van der Waals surface area contributed by atoms with Crippen LogP contribution < -0.4 is 4.72 Å². The molecule has 1 amide bonds. The van der Waals surface area contributed by atoms with E-state index in [9.17, 15) is 26.4 Å². The number of rotatable bonds is 4. The molecule has 112 valence electrons. The Hall–Kier alpha value is -1.57. The number of amides is 1. The van der Waals surface area contributed by atoms with E-state index in [1.54, 1.807) is 13.8 Å². The molecule has 1 N–H and O–H groups in total. The number of carbonyl (C=O) groups excluding carboxylic acids is 1. The van der Waals surface area contributed by atoms with Crippen molar-refractivity contribution < 1.29 is 26.4 Å². The Balaban J connectivity index is 2.97. The highest BCUT2D eigenvalue weighted by atomic mass is 32.2. The Bertz CT molecular complexity index is 579. The number of sulfonamides is 1. The van der Waals surface area contributed by atoms with E-state index < -0.39 is 33.6 Å². The second kappa shape index (κ2) is 5.82. The molecule has 1 aromatic carbocycles. The molecule has 1 aromatic rings. The maximum Gasteiger partial charge on any atom is 0.416 e. The van der Waals surface area contributed by atoms with Crippen molar-refractivity contribution in [3.05, 3.63) is 29.8 Å². The Labute approximate surface area is 115 Å². The van der Waals surface area contributed by atoms with Crippen LogP contribution >= 0.6 is 0 Å². The third-order valence-electron chi connectivity index (χ3n) is 2.79. The van der Waals surface area contributed by atoms with E-state index in [0.717, 1.165) is 12.1 Å². The summed E-state index contributed by atoms with van der Waals surface area (Å²) < 4.78 is 62.5. The number of halogens is 3. The highest BCUT2D eigenvalue weighted by Gasteiger charge is 2.31. The Morgan fingerprint density at radius 2 is 1.75 bits per heavy atom. The van der Waals surface area contributed by atoms with Crippen molar-refractivity contribution in [1.29, 1.82) is 0 Å². The van der Waals surface area contributed by atoms with Gasteiger partial charge in [0.1, 0.15) is 0 Å². The second-order valence-corrected chi connectivity index (χ2v) is 5.98. The largest absolute Gasteiger partial charge is 0.416 e. The first-order valence-electron chi connectivity index (χ1n) is 5.82. The minimum Gasteiger partial charge on any atom is -0.274 e. The summed E-state index contributed by atoms with van der Waals surface area (Å²) in [5, 5.41) is 0. The van der Waals surface area contributed by atoms with Crippen LogP contribution in [0.5, 0.6) is 0 Å². The van der Waals surface area contributed by atoms with Crippen LogP contribution in [0.25, 0.3) is 0 Å². The van der Waals surface area contributed by atoms with Crippen LogP contribution in [-0.4, -0.2) is 14.3 Å². The van der Waals surface area contributed by atoms with Gasteiger partial charge in [-0.3, -0.25) is 4.79 Å². The average Bonchev–Trinajstić information content (AvgIpc) is 2.36. The number of nitrogens with one attached hydrogen (secondary N) is 1. The quantitative estimate of drug-likeness (QED) is 0.929. The molecule has 1 rings (SSSR count). The molecule has 0 saturated heterocycles. The fourth-order valence-electron chi connectivity index (χ4n) is 1.30. The monoisotopic (exact) mass is 309 g/mol. The van der Waals surface area contributed by atoms with Gasteiger partial charge in [-0.05, 0) is 30.7 Å². The van der Waals surface area contributed by atoms with Crippen molar-refractivity contribution >= 4 is 15.9 Å². The molecule has 4 nitrogen and oxygen atoms in total. The van der Waals surface area contributed by atoms with E-state index in [1.165, 1.54) is 0 Å². The normalized spacial score (nSPS) is 13.8. The number of benzene rings is 1. The molecule has 20 heavy (non-hydrogen) atoms. The summed E-state index contributed by atoms with van der Waals surface area (Å²) in [5.74, 6) is -1.19. The molecule has 0 saturated carbocycles. The van der Waals surface area contributed by atoms with Crippen LogP contribution in [0.2, 0.25) is 0 Å². The molecule has 1 unspecified atom stereocenters. The lowest BCUT2D eigenvalue weighted by Gasteiger charge is -2.11. The summed E-state index contributed by atoms with van der Waals surface area (Å²) in [5.41, 5.74) is -0.954. The van der Waals surface area contributed by atoms with Gasteiger partial charge in [-0.2, -0.15) is 13.2 Å². The minimum absolute atomic E-state index is 0.387. The van der Waals surface area contributed by atoms with E-state index in [4.69, 9.17) is 0 Å². The standard InChI is InChI=1S/C12H14F3NO3S/c1-3-8(2)11(17)16-20(18,19)10-6-4-9(5-7-10)12(13,14)15/h4-8H,3H2,1-2H3,(H,16,17). The summed E-state index contributed by atoms with van der Waals surface area (Å²) in [4.78, 5) is 11.1. The summed E-state index contributed by atoms with van der Waals surface area (Å²) in [6.45, 7) is 3.27. The number of carbonyl (C=O) groups is 1. The molecule has 0 aromatic heterocycles. The van der Waals surface area contributed by atoms with E-state index in [-0.39, 0.29) is 4.90 Å². The zero-order chi connectivity index (χ0) is 15.6. The molecule has 0 aliphatic heterocycles. The van der Waals surface area contributed by atoms with Gasteiger partial charge in [-0.1, -0.05) is 13.8 Å². The van der Waals surface area contributed by atoms with Crippen molar-refractivity contribution in [2.75, 3.05) is 0 Å². The fraction of sp³-hybridized carbons (Fsp3) is 0.417. The fourth-order valence-corrected chi connectivity index (χ4v) is 2.38. The van der Waals surface area contributed by atoms with E-state index in [2.05, 4.69) is 0 Å². The first-order chi connectivity index (χ1) is 9.08. The molecule has 0 spiro atoms. The summed E-state index contributed by atoms with van der Waals surface area (Å²) in [6.07, 6.45) is -4.09. The van der Waals surface area contributed by atoms with Gasteiger partial charge in [-0.15, -0.1) is 0 Å². The molecule has 1 atom stereocenters. The molecular formula is C12H14F3NO3S. The van der Waals surface area contributed by atoms with Crippen molar-refractivity contribution in [1.82, 2.24) is 4.72 Å². The predicted octanol–water partition coefficient (Wildman–Crippen LogP) is 2.56. The zero-order valence-corrected chi connectivity index (χ0v) is 11.7. The Morgan fingerprint density at radius 1 is 1.25 bits per heavy atom. The molecular weight excluding hydrogens is 295 g/mol. The first kappa shape index (κ1) is 16.5. The van der Waals surface area contributed by atoms with Crippen molar-refractivity contribution in [3.63, 3.8) is 0 Å². The highest BCUT2D eigenvalue weighted by Crippen LogP contribution is 2.29. The number of hydrogen-bond acceptors (Lipinski definition) is 3. The minimum atomic E-state index is -4.54. The lowest BCUT2D eigenvalue weighted by atomic mass is 10.1.